The van der Waals surface area contributed by atoms with Gasteiger partial charge in [-0.2, -0.15) is 0 Å². The lowest BCUT2D eigenvalue weighted by molar-refractivity contribution is 0.143. The van der Waals surface area contributed by atoms with Crippen molar-refractivity contribution in [2.24, 2.45) is 0 Å². The Morgan fingerprint density at radius 2 is 2.10 bits per heavy atom. The van der Waals surface area contributed by atoms with Crippen LogP contribution in [0.25, 0.3) is 0 Å². The van der Waals surface area contributed by atoms with Gasteiger partial charge in [-0.15, -0.1) is 22.7 Å². The summed E-state index contributed by atoms with van der Waals surface area (Å²) in [5, 5.41) is 12.8. The molecule has 0 atom stereocenters. The van der Waals surface area contributed by atoms with Crippen molar-refractivity contribution < 1.29 is 5.11 Å². The standard InChI is InChI=1S/C16H20N2OS2/c1-12-17-13(11-20-12)9-18(4)10-15-6-5-14(21-15)7-8-16(2,3)19/h5-6,11,19H,9-10H2,1-4H3. The first-order chi connectivity index (χ1) is 9.82. The molecule has 3 nitrogen and oxygen atoms in total. The van der Waals surface area contributed by atoms with Crippen LogP contribution in [0, 0.1) is 18.8 Å². The third-order valence-electron chi connectivity index (χ3n) is 2.68. The molecule has 0 bridgehead atoms. The number of thiazole rings is 1. The third kappa shape index (κ3) is 5.60. The zero-order valence-electron chi connectivity index (χ0n) is 12.8. The monoisotopic (exact) mass is 320 g/mol. The van der Waals surface area contributed by atoms with E-state index in [2.05, 4.69) is 40.2 Å². The summed E-state index contributed by atoms with van der Waals surface area (Å²) in [6.07, 6.45) is 0. The largest absolute Gasteiger partial charge is 0.378 e. The topological polar surface area (TPSA) is 36.4 Å². The predicted octanol–water partition coefficient (Wildman–Crippen LogP) is 3.27. The molecule has 0 spiro atoms. The maximum atomic E-state index is 9.61. The van der Waals surface area contributed by atoms with E-state index in [0.29, 0.717) is 0 Å². The Kier molecular flexibility index (Phi) is 5.17. The van der Waals surface area contributed by atoms with Crippen LogP contribution >= 0.6 is 22.7 Å². The molecule has 0 amide bonds. The minimum Gasteiger partial charge on any atom is -0.378 e. The summed E-state index contributed by atoms with van der Waals surface area (Å²) in [7, 11) is 2.09. The van der Waals surface area contributed by atoms with Crippen molar-refractivity contribution in [2.45, 2.75) is 39.5 Å². The van der Waals surface area contributed by atoms with Crippen molar-refractivity contribution in [3.8, 4) is 11.8 Å². The molecule has 21 heavy (non-hydrogen) atoms. The van der Waals surface area contributed by atoms with Crippen molar-refractivity contribution in [1.29, 1.82) is 0 Å². The molecular formula is C16H20N2OS2. The number of hydrogen-bond acceptors (Lipinski definition) is 5. The van der Waals surface area contributed by atoms with Crippen LogP contribution in [0.4, 0.5) is 0 Å². The van der Waals surface area contributed by atoms with Crippen molar-refractivity contribution in [2.75, 3.05) is 7.05 Å². The molecule has 0 saturated carbocycles. The summed E-state index contributed by atoms with van der Waals surface area (Å²) in [5.41, 5.74) is 0.183. The van der Waals surface area contributed by atoms with Crippen LogP contribution in [0.1, 0.15) is 34.3 Å². The van der Waals surface area contributed by atoms with Gasteiger partial charge >= 0.3 is 0 Å². The number of thiophene rings is 1. The third-order valence-corrected chi connectivity index (χ3v) is 4.49. The number of aromatic nitrogens is 1. The maximum absolute atomic E-state index is 9.61. The molecule has 0 fully saturated rings. The molecule has 0 radical (unpaired) electrons. The van der Waals surface area contributed by atoms with Crippen molar-refractivity contribution in [1.82, 2.24) is 9.88 Å². The summed E-state index contributed by atoms with van der Waals surface area (Å²) >= 11 is 3.36. The van der Waals surface area contributed by atoms with E-state index in [1.54, 1.807) is 36.5 Å². The summed E-state index contributed by atoms with van der Waals surface area (Å²) in [5.74, 6) is 5.86. The van der Waals surface area contributed by atoms with Gasteiger partial charge in [-0.1, -0.05) is 11.8 Å². The molecule has 0 saturated heterocycles. The fraction of sp³-hybridized carbons (Fsp3) is 0.438. The minimum atomic E-state index is -0.941. The first-order valence-corrected chi connectivity index (χ1v) is 8.45. The summed E-state index contributed by atoms with van der Waals surface area (Å²) in [6, 6.07) is 4.11. The molecule has 2 aromatic heterocycles. The summed E-state index contributed by atoms with van der Waals surface area (Å²) in [6.45, 7) is 7.15. The number of nitrogens with zero attached hydrogens (tertiary/aromatic N) is 2. The highest BCUT2D eigenvalue weighted by Crippen LogP contribution is 2.18. The van der Waals surface area contributed by atoms with Crippen molar-refractivity contribution >= 4 is 22.7 Å². The van der Waals surface area contributed by atoms with Gasteiger partial charge in [-0.25, -0.2) is 4.98 Å². The van der Waals surface area contributed by atoms with Crippen LogP contribution in [0.3, 0.4) is 0 Å². The van der Waals surface area contributed by atoms with Gasteiger partial charge in [0.25, 0.3) is 0 Å². The highest BCUT2D eigenvalue weighted by Gasteiger charge is 2.08. The summed E-state index contributed by atoms with van der Waals surface area (Å²) < 4.78 is 0. The first kappa shape index (κ1) is 16.2. The predicted molar refractivity (Wildman–Crippen MR) is 89.5 cm³/mol. The van der Waals surface area contributed by atoms with Gasteiger partial charge in [0.05, 0.1) is 15.6 Å². The first-order valence-electron chi connectivity index (χ1n) is 6.76. The molecule has 0 aromatic carbocycles. The van der Waals surface area contributed by atoms with E-state index < -0.39 is 5.60 Å². The Morgan fingerprint density at radius 3 is 2.71 bits per heavy atom. The molecule has 5 heteroatoms. The Bertz CT molecular complexity index is 656. The second-order valence-electron chi connectivity index (χ2n) is 5.61. The Labute approximate surface area is 134 Å². The quantitative estimate of drug-likeness (QED) is 0.879. The molecule has 112 valence electrons. The Hall–Kier alpha value is -1.19. The second-order valence-corrected chi connectivity index (χ2v) is 7.84. The number of aryl methyl sites for hydroxylation is 1. The molecule has 0 aliphatic carbocycles. The van der Waals surface area contributed by atoms with Crippen molar-refractivity contribution in [3.63, 3.8) is 0 Å². The van der Waals surface area contributed by atoms with Gasteiger partial charge in [-0.05, 0) is 40.0 Å². The van der Waals surface area contributed by atoms with E-state index in [4.69, 9.17) is 0 Å². The van der Waals surface area contributed by atoms with Gasteiger partial charge in [-0.3, -0.25) is 4.90 Å². The molecule has 2 heterocycles. The fourth-order valence-corrected chi connectivity index (χ4v) is 3.37. The zero-order valence-corrected chi connectivity index (χ0v) is 14.4. The second kappa shape index (κ2) is 6.71. The molecule has 0 unspecified atom stereocenters. The van der Waals surface area contributed by atoms with Crippen LogP contribution in [0.2, 0.25) is 0 Å². The maximum Gasteiger partial charge on any atom is 0.120 e. The molecule has 1 N–H and O–H groups in total. The van der Waals surface area contributed by atoms with Gasteiger partial charge in [0.2, 0.25) is 0 Å². The normalized spacial score (nSPS) is 11.5. The van der Waals surface area contributed by atoms with E-state index in [1.165, 1.54) is 4.88 Å². The van der Waals surface area contributed by atoms with Crippen LogP contribution in [0.5, 0.6) is 0 Å². The van der Waals surface area contributed by atoms with Gasteiger partial charge in [0, 0.05) is 23.3 Å². The van der Waals surface area contributed by atoms with Gasteiger partial charge in [0.15, 0.2) is 0 Å². The molecular weight excluding hydrogens is 300 g/mol. The molecule has 2 aromatic rings. The SMILES string of the molecule is Cc1nc(CN(C)Cc2ccc(C#CC(C)(C)O)s2)cs1. The average Bonchev–Trinajstić information content (AvgIpc) is 2.95. The molecule has 2 rings (SSSR count). The zero-order chi connectivity index (χ0) is 15.5. The highest BCUT2D eigenvalue weighted by molar-refractivity contribution is 7.12. The van der Waals surface area contributed by atoms with E-state index in [9.17, 15) is 5.11 Å². The number of rotatable bonds is 4. The molecule has 0 aliphatic heterocycles. The fourth-order valence-electron chi connectivity index (χ4n) is 1.82. The van der Waals surface area contributed by atoms with Crippen LogP contribution in [-0.2, 0) is 13.1 Å². The minimum absolute atomic E-state index is 0.854. The van der Waals surface area contributed by atoms with Crippen LogP contribution in [0.15, 0.2) is 17.5 Å². The van der Waals surface area contributed by atoms with Crippen LogP contribution in [-0.4, -0.2) is 27.6 Å². The van der Waals surface area contributed by atoms with E-state index in [1.807, 2.05) is 13.0 Å². The smallest absolute Gasteiger partial charge is 0.120 e. The van der Waals surface area contributed by atoms with E-state index in [-0.39, 0.29) is 0 Å². The number of hydrogen-bond donors (Lipinski definition) is 1. The molecule has 0 aliphatic rings. The highest BCUT2D eigenvalue weighted by atomic mass is 32.1. The van der Waals surface area contributed by atoms with Gasteiger partial charge in [0.1, 0.15) is 5.60 Å². The summed E-state index contributed by atoms with van der Waals surface area (Å²) in [4.78, 5) is 8.99. The van der Waals surface area contributed by atoms with Crippen LogP contribution < -0.4 is 0 Å². The Balaban J connectivity index is 1.94. The van der Waals surface area contributed by atoms with E-state index in [0.717, 1.165) is 28.7 Å². The lowest BCUT2D eigenvalue weighted by atomic mass is 10.1. The van der Waals surface area contributed by atoms with Crippen molar-refractivity contribution in [3.05, 3.63) is 38.0 Å². The lowest BCUT2D eigenvalue weighted by Crippen LogP contribution is -2.16. The van der Waals surface area contributed by atoms with E-state index >= 15 is 0 Å². The Morgan fingerprint density at radius 1 is 1.33 bits per heavy atom. The lowest BCUT2D eigenvalue weighted by Gasteiger charge is -2.13. The average molecular weight is 320 g/mol. The van der Waals surface area contributed by atoms with Gasteiger partial charge < -0.3 is 5.11 Å². The number of aliphatic hydroxyl groups is 1.